The van der Waals surface area contributed by atoms with Crippen LogP contribution in [0.4, 0.5) is 0 Å². The fraction of sp³-hybridized carbons (Fsp3) is 1.00. The van der Waals surface area contributed by atoms with Gasteiger partial charge in [0.05, 0.1) is 6.61 Å². The summed E-state index contributed by atoms with van der Waals surface area (Å²) in [4.78, 5) is 2.49. The molecule has 1 unspecified atom stereocenters. The van der Waals surface area contributed by atoms with E-state index in [4.69, 9.17) is 15.2 Å². The number of rotatable bonds is 10. The average molecular weight is 244 g/mol. The van der Waals surface area contributed by atoms with Crippen molar-refractivity contribution in [1.82, 2.24) is 4.90 Å². The predicted molar refractivity (Wildman–Crippen MR) is 70.1 cm³/mol. The Hall–Kier alpha value is -0.160. The van der Waals surface area contributed by atoms with Crippen LogP contribution in [0, 0.1) is 5.92 Å². The van der Waals surface area contributed by atoms with Crippen molar-refractivity contribution < 1.29 is 9.47 Å². The van der Waals surface area contributed by atoms with Gasteiger partial charge in [0.15, 0.2) is 0 Å². The Kier molecular flexibility index (Phi) is 7.77. The second kappa shape index (κ2) is 8.86. The maximum Gasteiger partial charge on any atom is 0.0589 e. The molecule has 1 fully saturated rings. The van der Waals surface area contributed by atoms with Gasteiger partial charge < -0.3 is 15.2 Å². The standard InChI is InChI=1S/C13H28N2O2/c1-16-9-4-7-15(8-10-17-2)13(11-14)12-5-3-6-12/h12-13H,3-11,14H2,1-2H3. The Morgan fingerprint density at radius 3 is 2.35 bits per heavy atom. The van der Waals surface area contributed by atoms with Crippen molar-refractivity contribution in [3.05, 3.63) is 0 Å². The summed E-state index contributed by atoms with van der Waals surface area (Å²) < 4.78 is 10.3. The average Bonchev–Trinajstić information content (AvgIpc) is 2.28. The van der Waals surface area contributed by atoms with E-state index in [-0.39, 0.29) is 0 Å². The molecule has 2 N–H and O–H groups in total. The number of hydrogen-bond acceptors (Lipinski definition) is 4. The molecule has 0 aromatic carbocycles. The summed E-state index contributed by atoms with van der Waals surface area (Å²) in [6.07, 6.45) is 5.13. The van der Waals surface area contributed by atoms with Crippen LogP contribution in [0.2, 0.25) is 0 Å². The third-order valence-electron chi connectivity index (χ3n) is 3.78. The van der Waals surface area contributed by atoms with E-state index in [0.717, 1.165) is 45.2 Å². The van der Waals surface area contributed by atoms with E-state index in [1.165, 1.54) is 19.3 Å². The molecule has 0 aromatic rings. The van der Waals surface area contributed by atoms with E-state index >= 15 is 0 Å². The zero-order chi connectivity index (χ0) is 12.5. The first-order chi connectivity index (χ1) is 8.33. The Labute approximate surface area is 105 Å². The van der Waals surface area contributed by atoms with Crippen LogP contribution in [0.15, 0.2) is 0 Å². The lowest BCUT2D eigenvalue weighted by atomic mass is 9.79. The zero-order valence-electron chi connectivity index (χ0n) is 11.4. The molecular formula is C13H28N2O2. The summed E-state index contributed by atoms with van der Waals surface area (Å²) in [5.41, 5.74) is 5.95. The van der Waals surface area contributed by atoms with Crippen molar-refractivity contribution in [3.8, 4) is 0 Å². The van der Waals surface area contributed by atoms with Gasteiger partial charge in [0.25, 0.3) is 0 Å². The van der Waals surface area contributed by atoms with Gasteiger partial charge in [-0.25, -0.2) is 0 Å². The maximum atomic E-state index is 5.95. The number of hydrogen-bond donors (Lipinski definition) is 1. The van der Waals surface area contributed by atoms with Crippen LogP contribution in [-0.2, 0) is 9.47 Å². The molecule has 0 amide bonds. The number of methoxy groups -OCH3 is 2. The van der Waals surface area contributed by atoms with Crippen LogP contribution in [0.5, 0.6) is 0 Å². The molecule has 4 nitrogen and oxygen atoms in total. The van der Waals surface area contributed by atoms with Crippen LogP contribution in [0.3, 0.4) is 0 Å². The Morgan fingerprint density at radius 2 is 1.88 bits per heavy atom. The zero-order valence-corrected chi connectivity index (χ0v) is 11.4. The molecule has 1 aliphatic carbocycles. The van der Waals surface area contributed by atoms with Gasteiger partial charge in [-0.2, -0.15) is 0 Å². The Bertz CT molecular complexity index is 186. The SMILES string of the molecule is COCCCN(CCOC)C(CN)C1CCC1. The van der Waals surface area contributed by atoms with Gasteiger partial charge >= 0.3 is 0 Å². The minimum absolute atomic E-state index is 0.538. The summed E-state index contributed by atoms with van der Waals surface area (Å²) in [6, 6.07) is 0.538. The summed E-state index contributed by atoms with van der Waals surface area (Å²) >= 11 is 0. The molecule has 0 heterocycles. The number of ether oxygens (including phenoxy) is 2. The molecule has 1 atom stereocenters. The van der Waals surface area contributed by atoms with Crippen LogP contribution >= 0.6 is 0 Å². The summed E-state index contributed by atoms with van der Waals surface area (Å²) in [7, 11) is 3.51. The highest BCUT2D eigenvalue weighted by Gasteiger charge is 2.30. The molecule has 1 saturated carbocycles. The van der Waals surface area contributed by atoms with Crippen LogP contribution in [0.25, 0.3) is 0 Å². The minimum atomic E-state index is 0.538. The highest BCUT2D eigenvalue weighted by atomic mass is 16.5. The van der Waals surface area contributed by atoms with Crippen LogP contribution in [-0.4, -0.2) is 58.0 Å². The van der Waals surface area contributed by atoms with E-state index in [9.17, 15) is 0 Å². The molecule has 1 aliphatic rings. The van der Waals surface area contributed by atoms with Gasteiger partial charge in [0, 0.05) is 46.5 Å². The van der Waals surface area contributed by atoms with Gasteiger partial charge in [-0.1, -0.05) is 6.42 Å². The van der Waals surface area contributed by atoms with Crippen molar-refractivity contribution in [1.29, 1.82) is 0 Å². The first-order valence-corrected chi connectivity index (χ1v) is 6.75. The van der Waals surface area contributed by atoms with Crippen LogP contribution in [0.1, 0.15) is 25.7 Å². The third-order valence-corrected chi connectivity index (χ3v) is 3.78. The topological polar surface area (TPSA) is 47.7 Å². The molecule has 0 aromatic heterocycles. The minimum Gasteiger partial charge on any atom is -0.385 e. The largest absolute Gasteiger partial charge is 0.385 e. The summed E-state index contributed by atoms with van der Waals surface area (Å²) in [5, 5.41) is 0. The second-order valence-electron chi connectivity index (χ2n) is 4.87. The maximum absolute atomic E-state index is 5.95. The smallest absolute Gasteiger partial charge is 0.0589 e. The van der Waals surface area contributed by atoms with Gasteiger partial charge in [0.2, 0.25) is 0 Å². The van der Waals surface area contributed by atoms with E-state index in [1.54, 1.807) is 14.2 Å². The Balaban J connectivity index is 2.39. The van der Waals surface area contributed by atoms with Gasteiger partial charge in [-0.3, -0.25) is 4.90 Å². The first kappa shape index (κ1) is 14.9. The molecule has 102 valence electrons. The molecule has 4 heteroatoms. The molecule has 0 saturated heterocycles. The lowest BCUT2D eigenvalue weighted by Gasteiger charge is -2.40. The molecule has 0 aliphatic heterocycles. The third kappa shape index (κ3) is 4.92. The van der Waals surface area contributed by atoms with Gasteiger partial charge in [-0.05, 0) is 25.2 Å². The van der Waals surface area contributed by atoms with Crippen molar-refractivity contribution in [2.24, 2.45) is 11.7 Å². The summed E-state index contributed by atoms with van der Waals surface area (Å²) in [6.45, 7) is 4.43. The lowest BCUT2D eigenvalue weighted by molar-refractivity contribution is 0.0628. The number of nitrogens with two attached hydrogens (primary N) is 1. The fourth-order valence-corrected chi connectivity index (χ4v) is 2.53. The highest BCUT2D eigenvalue weighted by molar-refractivity contribution is 4.85. The normalized spacial score (nSPS) is 18.4. The van der Waals surface area contributed by atoms with Gasteiger partial charge in [-0.15, -0.1) is 0 Å². The van der Waals surface area contributed by atoms with Crippen molar-refractivity contribution in [3.63, 3.8) is 0 Å². The van der Waals surface area contributed by atoms with Crippen molar-refractivity contribution in [2.75, 3.05) is 47.1 Å². The lowest BCUT2D eigenvalue weighted by Crippen LogP contribution is -2.49. The first-order valence-electron chi connectivity index (χ1n) is 6.75. The van der Waals surface area contributed by atoms with Crippen molar-refractivity contribution >= 4 is 0 Å². The van der Waals surface area contributed by atoms with Gasteiger partial charge in [0.1, 0.15) is 0 Å². The van der Waals surface area contributed by atoms with E-state index < -0.39 is 0 Å². The molecule has 17 heavy (non-hydrogen) atoms. The van der Waals surface area contributed by atoms with E-state index in [2.05, 4.69) is 4.90 Å². The second-order valence-corrected chi connectivity index (χ2v) is 4.87. The van der Waals surface area contributed by atoms with Crippen molar-refractivity contribution in [2.45, 2.75) is 31.7 Å². The molecular weight excluding hydrogens is 216 g/mol. The van der Waals surface area contributed by atoms with Crippen LogP contribution < -0.4 is 5.73 Å². The highest BCUT2D eigenvalue weighted by Crippen LogP contribution is 2.31. The molecule has 0 bridgehead atoms. The fourth-order valence-electron chi connectivity index (χ4n) is 2.53. The molecule has 1 rings (SSSR count). The summed E-state index contributed by atoms with van der Waals surface area (Å²) in [5.74, 6) is 0.805. The quantitative estimate of drug-likeness (QED) is 0.585. The number of nitrogens with zero attached hydrogens (tertiary/aromatic N) is 1. The monoisotopic (exact) mass is 244 g/mol. The predicted octanol–water partition coefficient (Wildman–Crippen LogP) is 1.10. The molecule has 0 radical (unpaired) electrons. The Morgan fingerprint density at radius 1 is 1.18 bits per heavy atom. The van der Waals surface area contributed by atoms with E-state index in [0.29, 0.717) is 6.04 Å². The van der Waals surface area contributed by atoms with E-state index in [1.807, 2.05) is 0 Å². The molecule has 0 spiro atoms.